The molecule has 1 aromatic carbocycles. The van der Waals surface area contributed by atoms with Crippen molar-refractivity contribution in [3.63, 3.8) is 0 Å². The zero-order valence-corrected chi connectivity index (χ0v) is 10.8. The first-order valence-electron chi connectivity index (χ1n) is 6.64. The zero-order chi connectivity index (χ0) is 13.4. The van der Waals surface area contributed by atoms with Crippen LogP contribution in [0.2, 0.25) is 0 Å². The minimum absolute atomic E-state index is 0.413. The van der Waals surface area contributed by atoms with Crippen molar-refractivity contribution in [2.24, 2.45) is 0 Å². The molecule has 3 heterocycles. The van der Waals surface area contributed by atoms with Gasteiger partial charge in [0, 0.05) is 37.6 Å². The SMILES string of the molecule is c1cnc(N2CC(c3cnc4ccccc4n3)C2)nc1. The topological polar surface area (TPSA) is 54.8 Å². The molecular weight excluding hydrogens is 250 g/mol. The number of anilines is 1. The van der Waals surface area contributed by atoms with Crippen molar-refractivity contribution in [1.29, 1.82) is 0 Å². The molecule has 1 aliphatic rings. The van der Waals surface area contributed by atoms with Gasteiger partial charge in [0.05, 0.1) is 16.7 Å². The van der Waals surface area contributed by atoms with Crippen molar-refractivity contribution in [1.82, 2.24) is 19.9 Å². The number of nitrogens with zero attached hydrogens (tertiary/aromatic N) is 5. The zero-order valence-electron chi connectivity index (χ0n) is 10.8. The summed E-state index contributed by atoms with van der Waals surface area (Å²) in [5.74, 6) is 1.20. The van der Waals surface area contributed by atoms with Gasteiger partial charge in [-0.1, -0.05) is 12.1 Å². The van der Waals surface area contributed by atoms with Crippen molar-refractivity contribution in [3.8, 4) is 0 Å². The second-order valence-electron chi connectivity index (χ2n) is 4.93. The first kappa shape index (κ1) is 11.3. The molecule has 1 fully saturated rings. The lowest BCUT2D eigenvalue weighted by Crippen LogP contribution is -2.46. The number of benzene rings is 1. The Balaban J connectivity index is 1.54. The van der Waals surface area contributed by atoms with Gasteiger partial charge in [-0.3, -0.25) is 4.98 Å². The molecule has 98 valence electrons. The molecule has 0 radical (unpaired) electrons. The van der Waals surface area contributed by atoms with E-state index in [1.807, 2.05) is 36.5 Å². The third-order valence-corrected chi connectivity index (χ3v) is 3.60. The van der Waals surface area contributed by atoms with E-state index >= 15 is 0 Å². The Labute approximate surface area is 116 Å². The van der Waals surface area contributed by atoms with Crippen LogP contribution in [-0.4, -0.2) is 33.0 Å². The Morgan fingerprint density at radius 3 is 2.45 bits per heavy atom. The van der Waals surface area contributed by atoms with E-state index in [1.54, 1.807) is 12.4 Å². The maximum absolute atomic E-state index is 4.70. The second-order valence-corrected chi connectivity index (χ2v) is 4.93. The van der Waals surface area contributed by atoms with Gasteiger partial charge in [-0.2, -0.15) is 0 Å². The lowest BCUT2D eigenvalue weighted by atomic mass is 9.97. The molecule has 5 heteroatoms. The van der Waals surface area contributed by atoms with Gasteiger partial charge in [0.2, 0.25) is 5.95 Å². The molecule has 0 amide bonds. The van der Waals surface area contributed by atoms with E-state index in [-0.39, 0.29) is 0 Å². The molecule has 0 spiro atoms. The third-order valence-electron chi connectivity index (χ3n) is 3.60. The average molecular weight is 263 g/mol. The Hall–Kier alpha value is -2.56. The number of para-hydroxylation sites is 2. The van der Waals surface area contributed by atoms with Gasteiger partial charge in [-0.15, -0.1) is 0 Å². The van der Waals surface area contributed by atoms with Crippen molar-refractivity contribution < 1.29 is 0 Å². The summed E-state index contributed by atoms with van der Waals surface area (Å²) in [6, 6.07) is 9.79. The van der Waals surface area contributed by atoms with Crippen LogP contribution in [0.1, 0.15) is 11.6 Å². The molecule has 3 aromatic rings. The summed E-state index contributed by atoms with van der Waals surface area (Å²) in [5.41, 5.74) is 2.95. The second kappa shape index (κ2) is 4.52. The van der Waals surface area contributed by atoms with Crippen LogP contribution in [0.25, 0.3) is 11.0 Å². The van der Waals surface area contributed by atoms with Crippen LogP contribution in [0, 0.1) is 0 Å². The first-order chi connectivity index (χ1) is 9.90. The quantitative estimate of drug-likeness (QED) is 0.708. The van der Waals surface area contributed by atoms with E-state index in [9.17, 15) is 0 Å². The van der Waals surface area contributed by atoms with Crippen LogP contribution in [0.15, 0.2) is 48.9 Å². The molecule has 0 atom stereocenters. The van der Waals surface area contributed by atoms with E-state index < -0.39 is 0 Å². The van der Waals surface area contributed by atoms with Gasteiger partial charge >= 0.3 is 0 Å². The highest BCUT2D eigenvalue weighted by Crippen LogP contribution is 2.28. The number of fused-ring (bicyclic) bond motifs is 1. The van der Waals surface area contributed by atoms with Gasteiger partial charge < -0.3 is 4.90 Å². The maximum atomic E-state index is 4.70. The Bertz CT molecular complexity index is 737. The summed E-state index contributed by atoms with van der Waals surface area (Å²) in [4.78, 5) is 19.8. The van der Waals surface area contributed by atoms with E-state index in [4.69, 9.17) is 4.98 Å². The van der Waals surface area contributed by atoms with E-state index in [1.165, 1.54) is 0 Å². The van der Waals surface area contributed by atoms with E-state index in [0.717, 1.165) is 35.8 Å². The standard InChI is InChI=1S/C15H13N5/c1-2-5-13-12(4-1)18-8-14(19-13)11-9-20(10-11)15-16-6-3-7-17-15/h1-8,11H,9-10H2. The highest BCUT2D eigenvalue weighted by atomic mass is 15.3. The van der Waals surface area contributed by atoms with Crippen molar-refractivity contribution in [2.45, 2.75) is 5.92 Å². The monoisotopic (exact) mass is 263 g/mol. The molecule has 5 nitrogen and oxygen atoms in total. The van der Waals surface area contributed by atoms with Crippen LogP contribution >= 0.6 is 0 Å². The molecule has 1 saturated heterocycles. The first-order valence-corrected chi connectivity index (χ1v) is 6.64. The largest absolute Gasteiger partial charge is 0.339 e. The molecule has 0 N–H and O–H groups in total. The summed E-state index contributed by atoms with van der Waals surface area (Å²) >= 11 is 0. The van der Waals surface area contributed by atoms with Gasteiger partial charge in [0.1, 0.15) is 0 Å². The van der Waals surface area contributed by atoms with Crippen molar-refractivity contribution in [2.75, 3.05) is 18.0 Å². The smallest absolute Gasteiger partial charge is 0.225 e. The van der Waals surface area contributed by atoms with Crippen molar-refractivity contribution in [3.05, 3.63) is 54.6 Å². The minimum atomic E-state index is 0.413. The Morgan fingerprint density at radius 1 is 0.900 bits per heavy atom. The molecule has 0 aliphatic carbocycles. The Kier molecular flexibility index (Phi) is 2.55. The molecule has 1 aliphatic heterocycles. The molecule has 20 heavy (non-hydrogen) atoms. The van der Waals surface area contributed by atoms with Gasteiger partial charge in [-0.05, 0) is 18.2 Å². The number of aromatic nitrogens is 4. The van der Waals surface area contributed by atoms with Gasteiger partial charge in [0.15, 0.2) is 0 Å². The number of hydrogen-bond donors (Lipinski definition) is 0. The highest BCUT2D eigenvalue weighted by molar-refractivity contribution is 5.73. The lowest BCUT2D eigenvalue weighted by molar-refractivity contribution is 0.503. The van der Waals surface area contributed by atoms with Crippen molar-refractivity contribution >= 4 is 17.0 Å². The average Bonchev–Trinajstić information content (AvgIpc) is 2.47. The van der Waals surface area contributed by atoms with Crippen LogP contribution in [0.4, 0.5) is 5.95 Å². The van der Waals surface area contributed by atoms with Gasteiger partial charge in [0.25, 0.3) is 0 Å². The Morgan fingerprint density at radius 2 is 1.65 bits per heavy atom. The normalized spacial score (nSPS) is 15.3. The summed E-state index contributed by atoms with van der Waals surface area (Å²) in [5, 5.41) is 0. The summed E-state index contributed by atoms with van der Waals surface area (Å²) in [7, 11) is 0. The molecular formula is C15H13N5. The minimum Gasteiger partial charge on any atom is -0.339 e. The third kappa shape index (κ3) is 1.87. The molecule has 4 rings (SSSR count). The van der Waals surface area contributed by atoms with Crippen LogP contribution < -0.4 is 4.90 Å². The maximum Gasteiger partial charge on any atom is 0.225 e. The number of hydrogen-bond acceptors (Lipinski definition) is 5. The molecule has 0 unspecified atom stereocenters. The highest BCUT2D eigenvalue weighted by Gasteiger charge is 2.31. The summed E-state index contributed by atoms with van der Waals surface area (Å²) in [6.45, 7) is 1.80. The molecule has 0 saturated carbocycles. The lowest BCUT2D eigenvalue weighted by Gasteiger charge is -2.38. The van der Waals surface area contributed by atoms with E-state index in [2.05, 4.69) is 19.9 Å². The summed E-state index contributed by atoms with van der Waals surface area (Å²) < 4.78 is 0. The molecule has 2 aromatic heterocycles. The predicted octanol–water partition coefficient (Wildman–Crippen LogP) is 2.02. The van der Waals surface area contributed by atoms with E-state index in [0.29, 0.717) is 5.92 Å². The van der Waals surface area contributed by atoms with Crippen LogP contribution in [-0.2, 0) is 0 Å². The van der Waals surface area contributed by atoms with Crippen LogP contribution in [0.5, 0.6) is 0 Å². The van der Waals surface area contributed by atoms with Crippen LogP contribution in [0.3, 0.4) is 0 Å². The fourth-order valence-electron chi connectivity index (χ4n) is 2.45. The predicted molar refractivity (Wildman–Crippen MR) is 76.5 cm³/mol. The fourth-order valence-corrected chi connectivity index (χ4v) is 2.45. The van der Waals surface area contributed by atoms with Gasteiger partial charge in [-0.25, -0.2) is 15.0 Å². The summed E-state index contributed by atoms with van der Waals surface area (Å²) in [6.07, 6.45) is 5.42. The number of rotatable bonds is 2. The fraction of sp³-hybridized carbons (Fsp3) is 0.200. The molecule has 0 bridgehead atoms.